The molecule has 7 heteroatoms. The number of sulfonamides is 1. The van der Waals surface area contributed by atoms with E-state index < -0.39 is 10.0 Å². The lowest BCUT2D eigenvalue weighted by molar-refractivity contribution is 0.0623. The third-order valence-corrected chi connectivity index (χ3v) is 5.71. The van der Waals surface area contributed by atoms with Crippen LogP contribution in [0, 0.1) is 12.8 Å². The summed E-state index contributed by atoms with van der Waals surface area (Å²) in [5.74, 6) is 0.516. The fourth-order valence-corrected chi connectivity index (χ4v) is 3.69. The Morgan fingerprint density at radius 3 is 2.38 bits per heavy atom. The summed E-state index contributed by atoms with van der Waals surface area (Å²) < 4.78 is 26.2. The first-order valence-corrected chi connectivity index (χ1v) is 9.78. The van der Waals surface area contributed by atoms with Crippen LogP contribution in [0.5, 0.6) is 0 Å². The predicted octanol–water partition coefficient (Wildman–Crippen LogP) is 1.32. The third kappa shape index (κ3) is 4.34. The molecule has 2 rings (SSSR count). The molecule has 6 nitrogen and oxygen atoms in total. The van der Waals surface area contributed by atoms with E-state index in [4.69, 9.17) is 0 Å². The van der Waals surface area contributed by atoms with E-state index in [9.17, 15) is 13.2 Å². The van der Waals surface area contributed by atoms with E-state index in [1.54, 1.807) is 6.07 Å². The van der Waals surface area contributed by atoms with Crippen molar-refractivity contribution in [3.05, 3.63) is 29.3 Å². The monoisotopic (exact) mass is 353 g/mol. The van der Waals surface area contributed by atoms with Gasteiger partial charge in [-0.2, -0.15) is 0 Å². The van der Waals surface area contributed by atoms with Crippen molar-refractivity contribution in [3.8, 4) is 0 Å². The summed E-state index contributed by atoms with van der Waals surface area (Å²) in [4.78, 5) is 17.1. The fraction of sp³-hybridized carbons (Fsp3) is 0.588. The van der Waals surface area contributed by atoms with Crippen molar-refractivity contribution in [2.24, 2.45) is 5.92 Å². The number of nitrogens with one attached hydrogen (secondary N) is 1. The molecule has 1 amide bonds. The minimum Gasteiger partial charge on any atom is -0.336 e. The average Bonchev–Trinajstić information content (AvgIpc) is 2.54. The van der Waals surface area contributed by atoms with Crippen molar-refractivity contribution in [3.63, 3.8) is 0 Å². The van der Waals surface area contributed by atoms with Crippen LogP contribution in [0.3, 0.4) is 0 Å². The number of carbonyl (C=O) groups excluding carboxylic acids is 1. The van der Waals surface area contributed by atoms with E-state index in [1.807, 2.05) is 11.8 Å². The lowest BCUT2D eigenvalue weighted by Gasteiger charge is -2.35. The first-order chi connectivity index (χ1) is 11.2. The number of piperazine rings is 1. The van der Waals surface area contributed by atoms with E-state index in [1.165, 1.54) is 19.2 Å². The van der Waals surface area contributed by atoms with E-state index in [0.29, 0.717) is 24.6 Å². The normalized spacial score (nSPS) is 16.6. The van der Waals surface area contributed by atoms with Gasteiger partial charge in [-0.1, -0.05) is 19.9 Å². The van der Waals surface area contributed by atoms with Crippen molar-refractivity contribution >= 4 is 15.9 Å². The molecule has 134 valence electrons. The zero-order valence-corrected chi connectivity index (χ0v) is 15.7. The highest BCUT2D eigenvalue weighted by Gasteiger charge is 2.24. The van der Waals surface area contributed by atoms with Crippen molar-refractivity contribution in [2.75, 3.05) is 39.8 Å². The molecule has 1 fully saturated rings. The molecule has 0 spiro atoms. The Balaban J connectivity index is 2.15. The maximum absolute atomic E-state index is 12.8. The second kappa shape index (κ2) is 7.63. The van der Waals surface area contributed by atoms with Crippen molar-refractivity contribution in [2.45, 2.75) is 25.7 Å². The average molecular weight is 353 g/mol. The number of benzene rings is 1. The standard InChI is InChI=1S/C17H27N3O3S/c1-13(2)12-19-7-9-20(10-8-19)17(21)16-11-15(6-5-14(16)3)24(22,23)18-4/h5-6,11,13,18H,7-10,12H2,1-4H3. The number of carbonyl (C=O) groups is 1. The largest absolute Gasteiger partial charge is 0.336 e. The molecule has 1 aromatic carbocycles. The molecule has 0 atom stereocenters. The molecule has 0 radical (unpaired) electrons. The van der Waals surface area contributed by atoms with Crippen LogP contribution in [-0.2, 0) is 10.0 Å². The predicted molar refractivity (Wildman–Crippen MR) is 94.6 cm³/mol. The van der Waals surface area contributed by atoms with Gasteiger partial charge in [-0.3, -0.25) is 9.69 Å². The molecule has 0 unspecified atom stereocenters. The Labute approximate surface area is 144 Å². The Morgan fingerprint density at radius 2 is 1.83 bits per heavy atom. The number of nitrogens with zero attached hydrogens (tertiary/aromatic N) is 2. The quantitative estimate of drug-likeness (QED) is 0.867. The Bertz CT molecular complexity index is 693. The molecule has 1 aromatic rings. The van der Waals surface area contributed by atoms with Crippen LogP contribution in [0.25, 0.3) is 0 Å². The van der Waals surface area contributed by atoms with Crippen LogP contribution in [-0.4, -0.2) is 63.9 Å². The highest BCUT2D eigenvalue weighted by molar-refractivity contribution is 7.89. The Kier molecular flexibility index (Phi) is 6.01. The van der Waals surface area contributed by atoms with Gasteiger partial charge in [0.05, 0.1) is 4.90 Å². The van der Waals surface area contributed by atoms with Gasteiger partial charge < -0.3 is 4.90 Å². The van der Waals surface area contributed by atoms with Crippen LogP contribution in [0.4, 0.5) is 0 Å². The van der Waals surface area contributed by atoms with Crippen LogP contribution >= 0.6 is 0 Å². The molecule has 1 aliphatic heterocycles. The van der Waals surface area contributed by atoms with Crippen LogP contribution < -0.4 is 4.72 Å². The highest BCUT2D eigenvalue weighted by atomic mass is 32.2. The molecule has 0 bridgehead atoms. The molecular weight excluding hydrogens is 326 g/mol. The third-order valence-electron chi connectivity index (χ3n) is 4.30. The van der Waals surface area contributed by atoms with Gasteiger partial charge in [0, 0.05) is 38.3 Å². The molecule has 0 saturated carbocycles. The highest BCUT2D eigenvalue weighted by Crippen LogP contribution is 2.18. The van der Waals surface area contributed by atoms with Gasteiger partial charge in [-0.25, -0.2) is 13.1 Å². The number of hydrogen-bond acceptors (Lipinski definition) is 4. The summed E-state index contributed by atoms with van der Waals surface area (Å²) in [7, 11) is -2.19. The van der Waals surface area contributed by atoms with Gasteiger partial charge in [0.25, 0.3) is 5.91 Å². The maximum atomic E-state index is 12.8. The van der Waals surface area contributed by atoms with Gasteiger partial charge in [0.1, 0.15) is 0 Å². The molecule has 1 N–H and O–H groups in total. The molecule has 1 heterocycles. The van der Waals surface area contributed by atoms with Gasteiger partial charge in [-0.15, -0.1) is 0 Å². The maximum Gasteiger partial charge on any atom is 0.254 e. The first-order valence-electron chi connectivity index (χ1n) is 8.30. The van der Waals surface area contributed by atoms with Crippen LogP contribution in [0.2, 0.25) is 0 Å². The molecule has 0 aromatic heterocycles. The second-order valence-electron chi connectivity index (χ2n) is 6.67. The summed E-state index contributed by atoms with van der Waals surface area (Å²) in [5.41, 5.74) is 1.25. The number of amides is 1. The molecule has 24 heavy (non-hydrogen) atoms. The second-order valence-corrected chi connectivity index (χ2v) is 8.56. The Hall–Kier alpha value is -1.44. The molecule has 1 aliphatic rings. The minimum atomic E-state index is -3.55. The zero-order chi connectivity index (χ0) is 17.9. The van der Waals surface area contributed by atoms with Gasteiger partial charge in [0.15, 0.2) is 0 Å². The summed E-state index contributed by atoms with van der Waals surface area (Å²) in [6, 6.07) is 4.69. The Morgan fingerprint density at radius 1 is 1.21 bits per heavy atom. The summed E-state index contributed by atoms with van der Waals surface area (Å²) >= 11 is 0. The molecule has 0 aliphatic carbocycles. The minimum absolute atomic E-state index is 0.0927. The van der Waals surface area contributed by atoms with Crippen molar-refractivity contribution in [1.29, 1.82) is 0 Å². The van der Waals surface area contributed by atoms with E-state index in [-0.39, 0.29) is 10.8 Å². The fourth-order valence-electron chi connectivity index (χ4n) is 2.94. The molecule has 1 saturated heterocycles. The van der Waals surface area contributed by atoms with E-state index in [0.717, 1.165) is 25.2 Å². The van der Waals surface area contributed by atoms with Crippen LogP contribution in [0.1, 0.15) is 29.8 Å². The lowest BCUT2D eigenvalue weighted by atomic mass is 10.1. The topological polar surface area (TPSA) is 69.7 Å². The molecular formula is C17H27N3O3S. The van der Waals surface area contributed by atoms with E-state index >= 15 is 0 Å². The van der Waals surface area contributed by atoms with Gasteiger partial charge in [0.2, 0.25) is 10.0 Å². The number of aryl methyl sites for hydroxylation is 1. The smallest absolute Gasteiger partial charge is 0.254 e. The van der Waals surface area contributed by atoms with Gasteiger partial charge >= 0.3 is 0 Å². The number of hydrogen-bond donors (Lipinski definition) is 1. The van der Waals surface area contributed by atoms with E-state index in [2.05, 4.69) is 23.5 Å². The van der Waals surface area contributed by atoms with Crippen molar-refractivity contribution in [1.82, 2.24) is 14.5 Å². The lowest BCUT2D eigenvalue weighted by Crippen LogP contribution is -2.49. The van der Waals surface area contributed by atoms with Crippen molar-refractivity contribution < 1.29 is 13.2 Å². The summed E-state index contributed by atoms with van der Waals surface area (Å²) in [5, 5.41) is 0. The van der Waals surface area contributed by atoms with Gasteiger partial charge in [-0.05, 0) is 37.6 Å². The summed E-state index contributed by atoms with van der Waals surface area (Å²) in [6.07, 6.45) is 0. The number of rotatable bonds is 5. The van der Waals surface area contributed by atoms with Crippen LogP contribution in [0.15, 0.2) is 23.1 Å². The first kappa shape index (κ1) is 18.9. The zero-order valence-electron chi connectivity index (χ0n) is 14.9. The summed E-state index contributed by atoms with van der Waals surface area (Å²) in [6.45, 7) is 10.3. The SMILES string of the molecule is CNS(=O)(=O)c1ccc(C)c(C(=O)N2CCN(CC(C)C)CC2)c1.